The number of alkyl halides is 3. The smallest absolute Gasteiger partial charge is 0.417 e. The lowest BCUT2D eigenvalue weighted by molar-refractivity contribution is -0.137. The maximum Gasteiger partial charge on any atom is 0.417 e. The van der Waals surface area contributed by atoms with Gasteiger partial charge in [0.25, 0.3) is 0 Å². The lowest BCUT2D eigenvalue weighted by Crippen LogP contribution is -2.05. The van der Waals surface area contributed by atoms with Crippen molar-refractivity contribution in [2.24, 2.45) is 5.10 Å². The van der Waals surface area contributed by atoms with E-state index in [1.807, 2.05) is 13.0 Å². The maximum absolute atomic E-state index is 12.5. The van der Waals surface area contributed by atoms with E-state index >= 15 is 0 Å². The fraction of sp³-hybridized carbons (Fsp3) is 0.250. The molecule has 1 N–H and O–H groups in total. The number of anilines is 1. The molecule has 134 valence electrons. The van der Waals surface area contributed by atoms with Gasteiger partial charge >= 0.3 is 6.18 Å². The summed E-state index contributed by atoms with van der Waals surface area (Å²) in [5.41, 5.74) is 2.52. The molecule has 2 aromatic rings. The first kappa shape index (κ1) is 19.3. The van der Waals surface area contributed by atoms with E-state index in [1.165, 1.54) is 12.3 Å². The SMILES string of the molecule is CCOc1cc(/C=N\Nc2ccc(C(F)(F)F)cn2)cc(I)c1OC. The third-order valence-corrected chi connectivity index (χ3v) is 3.82. The molecular weight excluding hydrogens is 450 g/mol. The molecule has 5 nitrogen and oxygen atoms in total. The molecule has 0 aliphatic carbocycles. The molecule has 1 aromatic carbocycles. The number of rotatable bonds is 6. The van der Waals surface area contributed by atoms with E-state index in [2.05, 4.69) is 38.1 Å². The Morgan fingerprint density at radius 2 is 2.08 bits per heavy atom. The fourth-order valence-electron chi connectivity index (χ4n) is 1.92. The van der Waals surface area contributed by atoms with Gasteiger partial charge in [-0.15, -0.1) is 0 Å². The maximum atomic E-state index is 12.5. The normalized spacial score (nSPS) is 11.6. The first-order valence-electron chi connectivity index (χ1n) is 7.17. The van der Waals surface area contributed by atoms with Crippen molar-refractivity contribution in [2.75, 3.05) is 19.1 Å². The number of hydrazone groups is 1. The topological polar surface area (TPSA) is 55.7 Å². The average molecular weight is 465 g/mol. The van der Waals surface area contributed by atoms with Crippen molar-refractivity contribution in [3.63, 3.8) is 0 Å². The van der Waals surface area contributed by atoms with Crippen LogP contribution in [0.3, 0.4) is 0 Å². The molecule has 0 aliphatic rings. The van der Waals surface area contributed by atoms with Crippen LogP contribution in [0.1, 0.15) is 18.1 Å². The summed E-state index contributed by atoms with van der Waals surface area (Å²) in [6.07, 6.45) is -2.14. The van der Waals surface area contributed by atoms with Crippen LogP contribution < -0.4 is 14.9 Å². The second-order valence-electron chi connectivity index (χ2n) is 4.77. The van der Waals surface area contributed by atoms with E-state index in [-0.39, 0.29) is 5.82 Å². The predicted octanol–water partition coefficient (Wildman–Crippen LogP) is 4.56. The van der Waals surface area contributed by atoms with Crippen molar-refractivity contribution in [1.82, 2.24) is 4.98 Å². The molecule has 25 heavy (non-hydrogen) atoms. The molecule has 0 bridgehead atoms. The minimum atomic E-state index is -4.41. The summed E-state index contributed by atoms with van der Waals surface area (Å²) in [6, 6.07) is 5.75. The Kier molecular flexibility index (Phi) is 6.45. The molecule has 1 heterocycles. The van der Waals surface area contributed by atoms with Crippen molar-refractivity contribution >= 4 is 34.6 Å². The van der Waals surface area contributed by atoms with Crippen molar-refractivity contribution in [3.05, 3.63) is 45.2 Å². The van der Waals surface area contributed by atoms with Gasteiger partial charge in [0, 0.05) is 6.20 Å². The standard InChI is InChI=1S/C16H15F3IN3O2/c1-3-25-13-7-10(6-12(20)15(13)24-2)8-22-23-14-5-4-11(9-21-14)16(17,18)19/h4-9H,3H2,1-2H3,(H,21,23)/b22-8-. The van der Waals surface area contributed by atoms with E-state index in [4.69, 9.17) is 9.47 Å². The lowest BCUT2D eigenvalue weighted by Gasteiger charge is -2.11. The second kappa shape index (κ2) is 8.37. The number of benzene rings is 1. The van der Waals surface area contributed by atoms with Crippen LogP contribution in [0.15, 0.2) is 35.6 Å². The quantitative estimate of drug-likeness (QED) is 0.386. The molecule has 2 rings (SSSR count). The van der Waals surface area contributed by atoms with E-state index in [9.17, 15) is 13.2 Å². The van der Waals surface area contributed by atoms with Crippen molar-refractivity contribution < 1.29 is 22.6 Å². The average Bonchev–Trinajstić information content (AvgIpc) is 2.55. The van der Waals surface area contributed by atoms with Crippen molar-refractivity contribution in [2.45, 2.75) is 13.1 Å². The van der Waals surface area contributed by atoms with Gasteiger partial charge in [0.2, 0.25) is 0 Å². The van der Waals surface area contributed by atoms with Gasteiger partial charge in [-0.1, -0.05) is 0 Å². The number of methoxy groups -OCH3 is 1. The van der Waals surface area contributed by atoms with Crippen molar-refractivity contribution in [3.8, 4) is 11.5 Å². The molecule has 0 spiro atoms. The highest BCUT2D eigenvalue weighted by Gasteiger charge is 2.30. The van der Waals surface area contributed by atoms with Gasteiger partial charge < -0.3 is 9.47 Å². The van der Waals surface area contributed by atoms with E-state index in [1.54, 1.807) is 13.2 Å². The zero-order chi connectivity index (χ0) is 18.4. The number of halogens is 4. The third-order valence-electron chi connectivity index (χ3n) is 3.02. The molecule has 9 heteroatoms. The van der Waals surface area contributed by atoms with Crippen LogP contribution in [0.2, 0.25) is 0 Å². The number of hydrogen-bond donors (Lipinski definition) is 1. The Hall–Kier alpha value is -2.04. The highest BCUT2D eigenvalue weighted by molar-refractivity contribution is 14.1. The van der Waals surface area contributed by atoms with E-state index in [0.717, 1.165) is 21.4 Å². The van der Waals surface area contributed by atoms with Crippen LogP contribution in [-0.2, 0) is 6.18 Å². The second-order valence-corrected chi connectivity index (χ2v) is 5.93. The van der Waals surface area contributed by atoms with Gasteiger partial charge in [-0.25, -0.2) is 4.98 Å². The van der Waals surface area contributed by atoms with Crippen LogP contribution in [0.25, 0.3) is 0 Å². The fourth-order valence-corrected chi connectivity index (χ4v) is 2.77. The molecule has 0 aliphatic heterocycles. The number of nitrogens with one attached hydrogen (secondary N) is 1. The van der Waals surface area contributed by atoms with Crippen LogP contribution in [0, 0.1) is 3.57 Å². The Morgan fingerprint density at radius 1 is 1.32 bits per heavy atom. The third kappa shape index (κ3) is 5.21. The lowest BCUT2D eigenvalue weighted by atomic mass is 10.2. The van der Waals surface area contributed by atoms with Crippen LogP contribution in [0.4, 0.5) is 19.0 Å². The largest absolute Gasteiger partial charge is 0.492 e. The van der Waals surface area contributed by atoms with Gasteiger partial charge in [-0.05, 0) is 59.3 Å². The highest BCUT2D eigenvalue weighted by atomic mass is 127. The van der Waals surface area contributed by atoms with Crippen LogP contribution in [-0.4, -0.2) is 24.9 Å². The summed E-state index contributed by atoms with van der Waals surface area (Å²) in [5.74, 6) is 1.43. The van der Waals surface area contributed by atoms with Gasteiger partial charge in [-0.3, -0.25) is 5.43 Å². The molecule has 0 fully saturated rings. The minimum Gasteiger partial charge on any atom is -0.492 e. The van der Waals surface area contributed by atoms with Gasteiger partial charge in [0.05, 0.1) is 29.1 Å². The zero-order valence-electron chi connectivity index (χ0n) is 13.4. The molecule has 0 unspecified atom stereocenters. The van der Waals surface area contributed by atoms with E-state index in [0.29, 0.717) is 18.1 Å². The number of ether oxygens (including phenoxy) is 2. The monoisotopic (exact) mass is 465 g/mol. The predicted molar refractivity (Wildman–Crippen MR) is 97.3 cm³/mol. The minimum absolute atomic E-state index is 0.206. The molecule has 0 radical (unpaired) electrons. The summed E-state index contributed by atoms with van der Waals surface area (Å²) in [7, 11) is 1.56. The van der Waals surface area contributed by atoms with Crippen molar-refractivity contribution in [1.29, 1.82) is 0 Å². The Balaban J connectivity index is 2.11. The van der Waals surface area contributed by atoms with Gasteiger partial charge in [0.1, 0.15) is 5.82 Å². The van der Waals surface area contributed by atoms with Gasteiger partial charge in [0.15, 0.2) is 11.5 Å². The zero-order valence-corrected chi connectivity index (χ0v) is 15.6. The first-order valence-corrected chi connectivity index (χ1v) is 8.25. The summed E-state index contributed by atoms with van der Waals surface area (Å²) >= 11 is 2.12. The van der Waals surface area contributed by atoms with Crippen LogP contribution in [0.5, 0.6) is 11.5 Å². The molecular formula is C16H15F3IN3O2. The number of aromatic nitrogens is 1. The molecule has 0 amide bonds. The molecule has 0 atom stereocenters. The van der Waals surface area contributed by atoms with E-state index < -0.39 is 11.7 Å². The summed E-state index contributed by atoms with van der Waals surface area (Å²) in [6.45, 7) is 2.35. The summed E-state index contributed by atoms with van der Waals surface area (Å²) in [5, 5.41) is 3.98. The summed E-state index contributed by atoms with van der Waals surface area (Å²) < 4.78 is 49.1. The van der Waals surface area contributed by atoms with Gasteiger partial charge in [-0.2, -0.15) is 18.3 Å². The Bertz CT molecular complexity index is 750. The molecule has 0 saturated heterocycles. The first-order chi connectivity index (χ1) is 11.8. The molecule has 1 aromatic heterocycles. The number of nitrogens with zero attached hydrogens (tertiary/aromatic N) is 2. The number of hydrogen-bond acceptors (Lipinski definition) is 5. The van der Waals surface area contributed by atoms with Crippen LogP contribution >= 0.6 is 22.6 Å². The number of pyridine rings is 1. The summed E-state index contributed by atoms with van der Waals surface area (Å²) in [4.78, 5) is 3.68. The molecule has 0 saturated carbocycles. The Morgan fingerprint density at radius 3 is 2.64 bits per heavy atom. The Labute approximate surface area is 156 Å². The highest BCUT2D eigenvalue weighted by Crippen LogP contribution is 2.33.